The molecule has 0 bridgehead atoms. The van der Waals surface area contributed by atoms with Crippen LogP contribution in [-0.2, 0) is 0 Å². The van der Waals surface area contributed by atoms with E-state index in [0.29, 0.717) is 0 Å². The zero-order chi connectivity index (χ0) is 0. The fraction of sp³-hybridized carbons (Fsp3) is 0. The third-order valence-corrected chi connectivity index (χ3v) is 0. The number of rotatable bonds is 0. The molecule has 13 heteroatoms. The summed E-state index contributed by atoms with van der Waals surface area (Å²) in [4.78, 5) is 0. The molecular formula is H32N6O7. The SMILES string of the molecule is N.N.N.N.N.N.O.O.O.O.O.O.O. The Balaban J connectivity index is 0. The van der Waals surface area contributed by atoms with Gasteiger partial charge in [0.2, 0.25) is 0 Å². The molecule has 0 radical (unpaired) electrons. The van der Waals surface area contributed by atoms with Crippen LogP contribution >= 0.6 is 0 Å². The minimum atomic E-state index is 0. The van der Waals surface area contributed by atoms with Crippen LogP contribution in [0.25, 0.3) is 0 Å². The van der Waals surface area contributed by atoms with Crippen LogP contribution in [-0.4, -0.2) is 38.3 Å². The Morgan fingerprint density at radius 2 is 0.154 bits per heavy atom. The van der Waals surface area contributed by atoms with E-state index in [9.17, 15) is 0 Å². The standard InChI is InChI=1S/6H3N.7H2O/h6*1H3;7*1H2. The molecule has 0 fully saturated rings. The van der Waals surface area contributed by atoms with Gasteiger partial charge in [-0.2, -0.15) is 0 Å². The Kier molecular flexibility index (Phi) is 2180000. The molecule has 0 rings (SSSR count). The highest BCUT2D eigenvalue weighted by Crippen LogP contribution is -0.283. The molecule has 13 nitrogen and oxygen atoms in total. The van der Waals surface area contributed by atoms with Gasteiger partial charge in [-0.1, -0.05) is 0 Å². The highest BCUT2D eigenvalue weighted by atomic mass is 16.0. The first kappa shape index (κ1) is 6080. The van der Waals surface area contributed by atoms with Crippen LogP contribution < -0.4 is 36.9 Å². The van der Waals surface area contributed by atoms with Gasteiger partial charge in [-0.05, 0) is 0 Å². The molecule has 104 valence electrons. The van der Waals surface area contributed by atoms with Gasteiger partial charge in [-0.15, -0.1) is 0 Å². The van der Waals surface area contributed by atoms with E-state index < -0.39 is 0 Å². The van der Waals surface area contributed by atoms with Gasteiger partial charge in [-0.25, -0.2) is 0 Å². The molecule has 0 saturated carbocycles. The molecular weight excluding hydrogens is 196 g/mol. The summed E-state index contributed by atoms with van der Waals surface area (Å²) in [6, 6.07) is 0. The second-order valence-electron chi connectivity index (χ2n) is 0. The summed E-state index contributed by atoms with van der Waals surface area (Å²) in [7, 11) is 0. The molecule has 0 aromatic carbocycles. The zero-order valence-electron chi connectivity index (χ0n) is 7.74. The van der Waals surface area contributed by atoms with E-state index in [-0.39, 0.29) is 75.2 Å². The van der Waals surface area contributed by atoms with Gasteiger partial charge in [0.25, 0.3) is 0 Å². The van der Waals surface area contributed by atoms with Gasteiger partial charge in [0.15, 0.2) is 0 Å². The molecule has 0 saturated heterocycles. The molecule has 0 aliphatic heterocycles. The molecule has 0 amide bonds. The Morgan fingerprint density at radius 3 is 0.154 bits per heavy atom. The molecule has 0 atom stereocenters. The summed E-state index contributed by atoms with van der Waals surface area (Å²) in [5.74, 6) is 0. The second-order valence-corrected chi connectivity index (χ2v) is 0. The summed E-state index contributed by atoms with van der Waals surface area (Å²) >= 11 is 0. The Labute approximate surface area is 76.5 Å². The van der Waals surface area contributed by atoms with Gasteiger partial charge in [0, 0.05) is 0 Å². The summed E-state index contributed by atoms with van der Waals surface area (Å²) in [6.07, 6.45) is 0. The van der Waals surface area contributed by atoms with E-state index in [0.717, 1.165) is 0 Å². The molecule has 13 heavy (non-hydrogen) atoms. The van der Waals surface area contributed by atoms with Crippen molar-refractivity contribution in [3.63, 3.8) is 0 Å². The largest absolute Gasteiger partial charge is 0.412 e. The summed E-state index contributed by atoms with van der Waals surface area (Å²) < 4.78 is 0. The average Bonchev–Trinajstić information content (AvgIpc) is 0. The lowest BCUT2D eigenvalue weighted by molar-refractivity contribution is 0.823. The van der Waals surface area contributed by atoms with Crippen LogP contribution in [0.4, 0.5) is 0 Å². The Morgan fingerprint density at radius 1 is 0.154 bits per heavy atom. The van der Waals surface area contributed by atoms with Gasteiger partial charge in [0.1, 0.15) is 0 Å². The fourth-order valence-electron chi connectivity index (χ4n) is 0. The smallest absolute Gasteiger partial charge is 0.344 e. The van der Waals surface area contributed by atoms with E-state index in [1.807, 2.05) is 0 Å². The van der Waals surface area contributed by atoms with Crippen LogP contribution in [0.1, 0.15) is 0 Å². The Bertz CT molecular complexity index is 12.9. The first-order valence-corrected chi connectivity index (χ1v) is 0. The van der Waals surface area contributed by atoms with Gasteiger partial charge in [0.05, 0.1) is 0 Å². The lowest BCUT2D eigenvalue weighted by Crippen LogP contribution is -0.482. The van der Waals surface area contributed by atoms with Crippen molar-refractivity contribution < 1.29 is 38.3 Å². The first-order valence-electron chi connectivity index (χ1n) is 0. The maximum atomic E-state index is 0. The van der Waals surface area contributed by atoms with E-state index in [4.69, 9.17) is 0 Å². The predicted molar refractivity (Wildman–Crippen MR) is 55.4 cm³/mol. The zero-order valence-corrected chi connectivity index (χ0v) is 7.74. The number of hydrogen-bond donors (Lipinski definition) is 6. The molecule has 0 aliphatic carbocycles. The first-order chi connectivity index (χ1) is 0. The van der Waals surface area contributed by atoms with Crippen LogP contribution in [0.15, 0.2) is 0 Å². The van der Waals surface area contributed by atoms with E-state index in [1.165, 1.54) is 0 Å². The molecule has 32 N–H and O–H groups in total. The summed E-state index contributed by atoms with van der Waals surface area (Å²) in [5.41, 5.74) is 0. The highest BCUT2D eigenvalue weighted by Gasteiger charge is -0.338. The third-order valence-electron chi connectivity index (χ3n) is 0. The molecule has 0 aromatic heterocycles. The molecule has 0 aliphatic rings. The molecule has 0 heterocycles. The van der Waals surface area contributed by atoms with Crippen LogP contribution in [0.3, 0.4) is 0 Å². The predicted octanol–water partition coefficient (Wildman–Crippen LogP) is -4.80. The summed E-state index contributed by atoms with van der Waals surface area (Å²) in [6.45, 7) is 0. The van der Waals surface area contributed by atoms with Crippen LogP contribution in [0.2, 0.25) is 0 Å². The van der Waals surface area contributed by atoms with Gasteiger partial charge in [-0.3, -0.25) is 0 Å². The topological polar surface area (TPSA) is 430 Å². The normalized spacial score (nSPS) is 0. The van der Waals surface area contributed by atoms with Gasteiger partial charge < -0.3 is 75.2 Å². The quantitative estimate of drug-likeness (QED) is 0.235. The van der Waals surface area contributed by atoms with Gasteiger partial charge >= 0.3 is 0 Å². The van der Waals surface area contributed by atoms with Crippen molar-refractivity contribution in [2.45, 2.75) is 0 Å². The van der Waals surface area contributed by atoms with Crippen LogP contribution in [0.5, 0.6) is 0 Å². The van der Waals surface area contributed by atoms with E-state index in [2.05, 4.69) is 0 Å². The third kappa shape index (κ3) is 3820. The minimum absolute atomic E-state index is 0. The average molecular weight is 228 g/mol. The fourth-order valence-corrected chi connectivity index (χ4v) is 0. The van der Waals surface area contributed by atoms with Crippen molar-refractivity contribution in [3.8, 4) is 0 Å². The Hall–Kier alpha value is -0.520. The van der Waals surface area contributed by atoms with Crippen LogP contribution in [0, 0.1) is 0 Å². The molecule has 0 spiro atoms. The molecule has 0 aromatic rings. The number of hydrogen-bond acceptors (Lipinski definition) is 6. The lowest BCUT2D eigenvalue weighted by atomic mass is 14.0. The highest BCUT2D eigenvalue weighted by molar-refractivity contribution is 2.14. The van der Waals surface area contributed by atoms with Crippen molar-refractivity contribution in [1.29, 1.82) is 0 Å². The second kappa shape index (κ2) is 4660. The summed E-state index contributed by atoms with van der Waals surface area (Å²) in [5, 5.41) is 0. The lowest BCUT2D eigenvalue weighted by Gasteiger charge is -0.413. The van der Waals surface area contributed by atoms with E-state index in [1.54, 1.807) is 0 Å². The maximum Gasteiger partial charge on any atom is -0.344 e. The minimum Gasteiger partial charge on any atom is -0.412 e. The van der Waals surface area contributed by atoms with E-state index >= 15 is 0 Å². The molecule has 0 unspecified atom stereocenters. The van der Waals surface area contributed by atoms with Crippen molar-refractivity contribution in [3.05, 3.63) is 0 Å². The van der Waals surface area contributed by atoms with Crippen molar-refractivity contribution in [1.82, 2.24) is 36.9 Å². The maximum absolute atomic E-state index is 0. The van der Waals surface area contributed by atoms with Crippen molar-refractivity contribution in [2.24, 2.45) is 0 Å². The monoisotopic (exact) mass is 228 g/mol. The van der Waals surface area contributed by atoms with Crippen molar-refractivity contribution in [2.75, 3.05) is 0 Å². The van der Waals surface area contributed by atoms with Crippen molar-refractivity contribution >= 4 is 0 Å².